The van der Waals surface area contributed by atoms with E-state index in [2.05, 4.69) is 46.8 Å². The van der Waals surface area contributed by atoms with E-state index in [1.54, 1.807) is 0 Å². The first-order valence-electron chi connectivity index (χ1n) is 13.8. The van der Waals surface area contributed by atoms with Crippen LogP contribution in [0.1, 0.15) is 66.3 Å². The first kappa shape index (κ1) is 27.4. The minimum absolute atomic E-state index is 0.0402. The zero-order chi connectivity index (χ0) is 28.6. The van der Waals surface area contributed by atoms with Crippen LogP contribution in [0.2, 0.25) is 0 Å². The summed E-state index contributed by atoms with van der Waals surface area (Å²) < 4.78 is 0. The van der Waals surface area contributed by atoms with Gasteiger partial charge in [-0.25, -0.2) is 0 Å². The molecular weight excluding hydrogens is 496 g/mol. The highest BCUT2D eigenvalue weighted by Gasteiger charge is 2.35. The van der Waals surface area contributed by atoms with Crippen LogP contribution in [0, 0.1) is 16.7 Å². The van der Waals surface area contributed by atoms with Crippen molar-refractivity contribution in [2.75, 3.05) is 29.9 Å². The number of nitrogens with zero attached hydrogens (tertiary/aromatic N) is 3. The standard InChI is InChI=1S/C34H36N4O2/c1-22(32(39)34(3,4)5)18-24-14-15-30(25(19-24)20-35)38-17-16-37(21-23(38)2)31-26-10-6-7-11-27(26)33(40)36-29-13-9-8-12-28(29)31/h6-15,19,23,31H,1,16-18,21H2,2-5H3,(H,36,40)/t23-,31?/m0/s1. The molecule has 2 heterocycles. The lowest BCUT2D eigenvalue weighted by Gasteiger charge is -2.45. The summed E-state index contributed by atoms with van der Waals surface area (Å²) in [6, 6.07) is 24.3. The number of ketones is 1. The summed E-state index contributed by atoms with van der Waals surface area (Å²) in [6.07, 6.45) is 0.432. The molecule has 6 heteroatoms. The number of carbonyl (C=O) groups excluding carboxylic acids is 2. The van der Waals surface area contributed by atoms with Gasteiger partial charge in [0, 0.05) is 48.8 Å². The number of benzene rings is 3. The van der Waals surface area contributed by atoms with Gasteiger partial charge < -0.3 is 10.2 Å². The number of carbonyl (C=O) groups is 2. The lowest BCUT2D eigenvalue weighted by molar-refractivity contribution is -0.122. The second kappa shape index (κ2) is 10.7. The maximum absolute atomic E-state index is 13.1. The van der Waals surface area contributed by atoms with Crippen molar-refractivity contribution < 1.29 is 9.59 Å². The predicted octanol–water partition coefficient (Wildman–Crippen LogP) is 6.14. The van der Waals surface area contributed by atoms with Crippen LogP contribution in [0.3, 0.4) is 0 Å². The van der Waals surface area contributed by atoms with Crippen LogP contribution in [0.5, 0.6) is 0 Å². The average Bonchev–Trinajstić information content (AvgIpc) is 3.06. The molecule has 1 fully saturated rings. The van der Waals surface area contributed by atoms with Gasteiger partial charge in [0.1, 0.15) is 6.07 Å². The van der Waals surface area contributed by atoms with E-state index in [1.165, 1.54) is 0 Å². The van der Waals surface area contributed by atoms with Gasteiger partial charge in [-0.15, -0.1) is 0 Å². The van der Waals surface area contributed by atoms with Gasteiger partial charge >= 0.3 is 0 Å². The Morgan fingerprint density at radius 2 is 1.75 bits per heavy atom. The number of anilines is 2. The molecular formula is C34H36N4O2. The Morgan fingerprint density at radius 3 is 2.45 bits per heavy atom. The highest BCUT2D eigenvalue weighted by molar-refractivity contribution is 6.07. The quantitative estimate of drug-likeness (QED) is 0.400. The highest BCUT2D eigenvalue weighted by Crippen LogP contribution is 2.39. The van der Waals surface area contributed by atoms with Crippen molar-refractivity contribution >= 4 is 23.1 Å². The fraction of sp³-hybridized carbons (Fsp3) is 0.324. The van der Waals surface area contributed by atoms with E-state index in [-0.39, 0.29) is 23.8 Å². The molecule has 2 aliphatic rings. The predicted molar refractivity (Wildman–Crippen MR) is 160 cm³/mol. The number of hydrogen-bond acceptors (Lipinski definition) is 5. The fourth-order valence-electron chi connectivity index (χ4n) is 6.01. The molecule has 0 radical (unpaired) electrons. The number of nitriles is 1. The van der Waals surface area contributed by atoms with Crippen molar-refractivity contribution in [3.63, 3.8) is 0 Å². The fourth-order valence-corrected chi connectivity index (χ4v) is 6.01. The highest BCUT2D eigenvalue weighted by atomic mass is 16.1. The first-order valence-corrected chi connectivity index (χ1v) is 13.8. The molecule has 3 aromatic carbocycles. The smallest absolute Gasteiger partial charge is 0.256 e. The first-order chi connectivity index (χ1) is 19.1. The van der Waals surface area contributed by atoms with Crippen molar-refractivity contribution in [1.29, 1.82) is 5.26 Å². The number of hydrogen-bond donors (Lipinski definition) is 1. The Kier molecular flexibility index (Phi) is 7.35. The minimum Gasteiger partial charge on any atom is -0.365 e. The van der Waals surface area contributed by atoms with Gasteiger partial charge in [0.05, 0.1) is 17.3 Å². The monoisotopic (exact) mass is 532 g/mol. The zero-order valence-corrected chi connectivity index (χ0v) is 23.7. The van der Waals surface area contributed by atoms with E-state index in [0.717, 1.165) is 47.7 Å². The molecule has 1 unspecified atom stereocenters. The van der Waals surface area contributed by atoms with Crippen LogP contribution in [-0.4, -0.2) is 42.3 Å². The molecule has 0 aromatic heterocycles. The van der Waals surface area contributed by atoms with E-state index in [9.17, 15) is 14.9 Å². The maximum atomic E-state index is 13.1. The van der Waals surface area contributed by atoms with E-state index in [4.69, 9.17) is 0 Å². The molecule has 0 aliphatic carbocycles. The molecule has 0 bridgehead atoms. The molecule has 3 aromatic rings. The van der Waals surface area contributed by atoms with Crippen LogP contribution in [0.25, 0.3) is 0 Å². The summed E-state index contributed by atoms with van der Waals surface area (Å²) in [4.78, 5) is 30.4. The van der Waals surface area contributed by atoms with Crippen molar-refractivity contribution in [2.45, 2.75) is 46.2 Å². The number of rotatable bonds is 5. The Hall–Kier alpha value is -4.21. The summed E-state index contributed by atoms with van der Waals surface area (Å²) in [5.41, 5.74) is 6.16. The summed E-state index contributed by atoms with van der Waals surface area (Å²) in [6.45, 7) is 14.2. The van der Waals surface area contributed by atoms with Gasteiger partial charge in [-0.2, -0.15) is 5.26 Å². The van der Waals surface area contributed by atoms with Gasteiger partial charge in [-0.3, -0.25) is 14.5 Å². The van der Waals surface area contributed by atoms with E-state index in [0.29, 0.717) is 23.1 Å². The maximum Gasteiger partial charge on any atom is 0.256 e. The second-order valence-corrected chi connectivity index (χ2v) is 11.9. The number of Topliss-reactive ketones (excluding diaryl/α,β-unsaturated/α-hetero) is 1. The van der Waals surface area contributed by atoms with Gasteiger partial charge in [-0.1, -0.05) is 69.8 Å². The van der Waals surface area contributed by atoms with Crippen LogP contribution in [-0.2, 0) is 11.2 Å². The van der Waals surface area contributed by atoms with Gasteiger partial charge in [-0.05, 0) is 53.5 Å². The number of fused-ring (bicyclic) bond motifs is 2. The van der Waals surface area contributed by atoms with Crippen LogP contribution >= 0.6 is 0 Å². The number of amides is 1. The lowest BCUT2D eigenvalue weighted by Crippen LogP contribution is -2.53. The third-order valence-corrected chi connectivity index (χ3v) is 7.94. The molecule has 6 nitrogen and oxygen atoms in total. The molecule has 2 aliphatic heterocycles. The largest absolute Gasteiger partial charge is 0.365 e. The Labute approximate surface area is 236 Å². The summed E-state index contributed by atoms with van der Waals surface area (Å²) >= 11 is 0. The van der Waals surface area contributed by atoms with Crippen LogP contribution in [0.4, 0.5) is 11.4 Å². The molecule has 5 rings (SSSR count). The lowest BCUT2D eigenvalue weighted by atomic mass is 9.84. The third-order valence-electron chi connectivity index (χ3n) is 7.94. The van der Waals surface area contributed by atoms with E-state index >= 15 is 0 Å². The number of piperazine rings is 1. The summed E-state index contributed by atoms with van der Waals surface area (Å²) in [5.74, 6) is -0.0405. The molecule has 1 amide bonds. The number of nitrogens with one attached hydrogen (secondary N) is 1. The van der Waals surface area contributed by atoms with Crippen LogP contribution in [0.15, 0.2) is 78.9 Å². The Morgan fingerprint density at radius 1 is 1.05 bits per heavy atom. The zero-order valence-electron chi connectivity index (χ0n) is 23.7. The van der Waals surface area contributed by atoms with Crippen molar-refractivity contribution in [3.8, 4) is 6.07 Å². The SMILES string of the molecule is C=C(Cc1ccc(N2CCN(C3c4ccccc4NC(=O)c4ccccc43)C[C@@H]2C)c(C#N)c1)C(=O)C(C)(C)C. The average molecular weight is 533 g/mol. The van der Waals surface area contributed by atoms with Gasteiger partial charge in [0.2, 0.25) is 0 Å². The molecule has 0 spiro atoms. The summed E-state index contributed by atoms with van der Waals surface area (Å²) in [7, 11) is 0. The van der Waals surface area contributed by atoms with Gasteiger partial charge in [0.25, 0.3) is 5.91 Å². The van der Waals surface area contributed by atoms with Crippen LogP contribution < -0.4 is 10.2 Å². The van der Waals surface area contributed by atoms with Gasteiger partial charge in [0.15, 0.2) is 5.78 Å². The Balaban J connectivity index is 1.40. The molecule has 2 atom stereocenters. The van der Waals surface area contributed by atoms with Crippen molar-refractivity contribution in [1.82, 2.24) is 4.90 Å². The molecule has 1 saturated heterocycles. The van der Waals surface area contributed by atoms with E-state index < -0.39 is 5.41 Å². The second-order valence-electron chi connectivity index (χ2n) is 11.9. The van der Waals surface area contributed by atoms with Crippen molar-refractivity contribution in [2.24, 2.45) is 5.41 Å². The molecule has 1 N–H and O–H groups in total. The molecule has 0 saturated carbocycles. The van der Waals surface area contributed by atoms with E-state index in [1.807, 2.05) is 75.4 Å². The number of allylic oxidation sites excluding steroid dienone is 1. The molecule has 40 heavy (non-hydrogen) atoms. The third kappa shape index (κ3) is 5.17. The Bertz CT molecular complexity index is 1530. The minimum atomic E-state index is -0.480. The van der Waals surface area contributed by atoms with Crippen molar-refractivity contribution in [3.05, 3.63) is 107 Å². The number of para-hydroxylation sites is 1. The topological polar surface area (TPSA) is 76.4 Å². The normalized spacial score (nSPS) is 19.1. The summed E-state index contributed by atoms with van der Waals surface area (Å²) in [5, 5.41) is 13.2. The molecule has 204 valence electrons.